The first-order valence-corrected chi connectivity index (χ1v) is 12.8. The van der Waals surface area contributed by atoms with Gasteiger partial charge in [-0.25, -0.2) is 14.4 Å². The Hall–Kier alpha value is -4.63. The summed E-state index contributed by atoms with van der Waals surface area (Å²) in [5, 5.41) is 9.34. The SMILES string of the molecule is CCNCCNC(=O)c1ccc2c(c1)C(c1ccccc1F)=NCc1cnc(Nc3cccc(OC)c3)nc1-2. The average molecular weight is 525 g/mol. The molecule has 2 heterocycles. The molecule has 0 radical (unpaired) electrons. The Balaban J connectivity index is 1.56. The summed E-state index contributed by atoms with van der Waals surface area (Å²) in [7, 11) is 1.61. The number of nitrogens with one attached hydrogen (secondary N) is 3. The lowest BCUT2D eigenvalue weighted by Gasteiger charge is -2.14. The molecule has 0 atom stereocenters. The maximum absolute atomic E-state index is 15.0. The zero-order valence-electron chi connectivity index (χ0n) is 21.8. The third kappa shape index (κ3) is 5.78. The molecule has 9 heteroatoms. The third-order valence-corrected chi connectivity index (χ3v) is 6.36. The lowest BCUT2D eigenvalue weighted by atomic mass is 9.93. The zero-order chi connectivity index (χ0) is 27.2. The van der Waals surface area contributed by atoms with E-state index >= 15 is 0 Å². The van der Waals surface area contributed by atoms with Crippen molar-refractivity contribution in [1.82, 2.24) is 20.6 Å². The minimum absolute atomic E-state index is 0.212. The van der Waals surface area contributed by atoms with Crippen LogP contribution < -0.4 is 20.7 Å². The number of carbonyl (C=O) groups is 1. The summed E-state index contributed by atoms with van der Waals surface area (Å²) >= 11 is 0. The molecule has 0 saturated carbocycles. The number of aromatic nitrogens is 2. The standard InChI is InChI=1S/C30H29FN6O2/c1-3-32-13-14-33-29(38)19-11-12-23-25(15-19)28(24-9-4-5-10-26(24)31)34-17-20-18-35-30(37-27(20)23)36-21-7-6-8-22(16-21)39-2/h4-12,15-16,18,32H,3,13-14,17H2,1-2H3,(H,33,38)(H,35,36,37). The first-order chi connectivity index (χ1) is 19.1. The molecule has 198 valence electrons. The summed E-state index contributed by atoms with van der Waals surface area (Å²) in [5.74, 6) is 0.503. The number of carbonyl (C=O) groups excluding carboxylic acids is 1. The van der Waals surface area contributed by atoms with Gasteiger partial charge in [0.25, 0.3) is 5.91 Å². The smallest absolute Gasteiger partial charge is 0.251 e. The molecule has 3 aromatic carbocycles. The van der Waals surface area contributed by atoms with Crippen LogP contribution in [0.3, 0.4) is 0 Å². The van der Waals surface area contributed by atoms with E-state index in [2.05, 4.69) is 20.9 Å². The summed E-state index contributed by atoms with van der Waals surface area (Å²) in [6.45, 7) is 4.26. The molecule has 39 heavy (non-hydrogen) atoms. The minimum Gasteiger partial charge on any atom is -0.497 e. The summed E-state index contributed by atoms with van der Waals surface area (Å²) in [6, 6.07) is 19.3. The summed E-state index contributed by atoms with van der Waals surface area (Å²) in [6.07, 6.45) is 1.73. The highest BCUT2D eigenvalue weighted by Crippen LogP contribution is 2.33. The number of ether oxygens (including phenoxy) is 1. The molecular weight excluding hydrogens is 495 g/mol. The van der Waals surface area contributed by atoms with Gasteiger partial charge < -0.3 is 20.7 Å². The van der Waals surface area contributed by atoms with Crippen LogP contribution in [0.2, 0.25) is 0 Å². The fourth-order valence-corrected chi connectivity index (χ4v) is 4.41. The number of anilines is 2. The van der Waals surface area contributed by atoms with Crippen LogP contribution in [0.5, 0.6) is 5.75 Å². The lowest BCUT2D eigenvalue weighted by molar-refractivity contribution is 0.0954. The van der Waals surface area contributed by atoms with Gasteiger partial charge in [0.1, 0.15) is 11.6 Å². The maximum Gasteiger partial charge on any atom is 0.251 e. The van der Waals surface area contributed by atoms with Crippen molar-refractivity contribution in [1.29, 1.82) is 0 Å². The van der Waals surface area contributed by atoms with E-state index in [1.54, 1.807) is 43.6 Å². The van der Waals surface area contributed by atoms with Gasteiger partial charge in [0.15, 0.2) is 0 Å². The molecule has 8 nitrogen and oxygen atoms in total. The number of fused-ring (bicyclic) bond motifs is 3. The van der Waals surface area contributed by atoms with Crippen molar-refractivity contribution in [2.24, 2.45) is 4.99 Å². The minimum atomic E-state index is -0.389. The van der Waals surface area contributed by atoms with E-state index in [1.807, 2.05) is 37.3 Å². The van der Waals surface area contributed by atoms with Crippen molar-refractivity contribution >= 4 is 23.3 Å². The molecule has 0 unspecified atom stereocenters. The van der Waals surface area contributed by atoms with Gasteiger partial charge in [-0.3, -0.25) is 9.79 Å². The number of rotatable bonds is 9. The van der Waals surface area contributed by atoms with E-state index in [0.717, 1.165) is 23.4 Å². The number of halogens is 1. The monoisotopic (exact) mass is 524 g/mol. The molecule has 1 amide bonds. The number of hydrogen-bond acceptors (Lipinski definition) is 7. The van der Waals surface area contributed by atoms with E-state index < -0.39 is 0 Å². The van der Waals surface area contributed by atoms with Crippen LogP contribution >= 0.6 is 0 Å². The number of methoxy groups -OCH3 is 1. The second-order valence-corrected chi connectivity index (χ2v) is 8.94. The molecule has 5 rings (SSSR count). The van der Waals surface area contributed by atoms with Crippen LogP contribution in [-0.4, -0.2) is 48.3 Å². The molecule has 0 aliphatic carbocycles. The van der Waals surface area contributed by atoms with Gasteiger partial charge in [0, 0.05) is 58.9 Å². The van der Waals surface area contributed by atoms with Crippen LogP contribution in [0.25, 0.3) is 11.3 Å². The van der Waals surface area contributed by atoms with Crippen molar-refractivity contribution in [2.75, 3.05) is 32.1 Å². The Bertz CT molecular complexity index is 1540. The number of likely N-dealkylation sites (N-methyl/N-ethyl adjacent to an activating group) is 1. The van der Waals surface area contributed by atoms with E-state index in [4.69, 9.17) is 14.7 Å². The Morgan fingerprint density at radius 2 is 1.87 bits per heavy atom. The summed E-state index contributed by atoms with van der Waals surface area (Å²) in [4.78, 5) is 27.0. The number of hydrogen-bond donors (Lipinski definition) is 3. The molecule has 0 spiro atoms. The Morgan fingerprint density at radius 3 is 2.69 bits per heavy atom. The Labute approximate surface area is 226 Å². The molecule has 3 N–H and O–H groups in total. The van der Waals surface area contributed by atoms with Gasteiger partial charge in [-0.05, 0) is 42.9 Å². The Kier molecular flexibility index (Phi) is 7.88. The van der Waals surface area contributed by atoms with Crippen molar-refractivity contribution in [3.63, 3.8) is 0 Å². The fraction of sp³-hybridized carbons (Fsp3) is 0.200. The van der Waals surface area contributed by atoms with Crippen LogP contribution in [-0.2, 0) is 6.54 Å². The van der Waals surface area contributed by atoms with Gasteiger partial charge >= 0.3 is 0 Å². The summed E-state index contributed by atoms with van der Waals surface area (Å²) in [5.41, 5.74) is 4.89. The second-order valence-electron chi connectivity index (χ2n) is 8.94. The normalized spacial score (nSPS) is 12.0. The van der Waals surface area contributed by atoms with E-state index in [0.29, 0.717) is 52.9 Å². The van der Waals surface area contributed by atoms with Gasteiger partial charge in [-0.2, -0.15) is 0 Å². The fourth-order valence-electron chi connectivity index (χ4n) is 4.41. The molecule has 0 bridgehead atoms. The lowest BCUT2D eigenvalue weighted by Crippen LogP contribution is -2.31. The maximum atomic E-state index is 15.0. The topological polar surface area (TPSA) is 101 Å². The molecule has 1 aliphatic heterocycles. The number of amides is 1. The van der Waals surface area contributed by atoms with Gasteiger partial charge in [-0.1, -0.05) is 31.2 Å². The van der Waals surface area contributed by atoms with Crippen molar-refractivity contribution in [3.05, 3.63) is 101 Å². The third-order valence-electron chi connectivity index (χ3n) is 6.36. The summed E-state index contributed by atoms with van der Waals surface area (Å²) < 4.78 is 20.3. The second kappa shape index (κ2) is 11.8. The van der Waals surface area contributed by atoms with Crippen LogP contribution in [0, 0.1) is 5.82 Å². The van der Waals surface area contributed by atoms with Crippen molar-refractivity contribution in [2.45, 2.75) is 13.5 Å². The number of aliphatic imine (C=N–C) groups is 1. The van der Waals surface area contributed by atoms with Crippen LogP contribution in [0.15, 0.2) is 77.9 Å². The van der Waals surface area contributed by atoms with Crippen LogP contribution in [0.4, 0.5) is 16.0 Å². The zero-order valence-corrected chi connectivity index (χ0v) is 21.8. The van der Waals surface area contributed by atoms with E-state index in [9.17, 15) is 9.18 Å². The van der Waals surface area contributed by atoms with E-state index in [-0.39, 0.29) is 18.3 Å². The number of benzene rings is 3. The average Bonchev–Trinajstić information content (AvgIpc) is 3.12. The predicted molar refractivity (Wildman–Crippen MR) is 150 cm³/mol. The highest BCUT2D eigenvalue weighted by Gasteiger charge is 2.24. The molecule has 0 fully saturated rings. The largest absolute Gasteiger partial charge is 0.497 e. The van der Waals surface area contributed by atoms with E-state index in [1.165, 1.54) is 6.07 Å². The molecule has 1 aliphatic rings. The molecule has 1 aromatic heterocycles. The number of nitrogens with zero attached hydrogens (tertiary/aromatic N) is 3. The molecule has 0 saturated heterocycles. The molecule has 4 aromatic rings. The van der Waals surface area contributed by atoms with Gasteiger partial charge in [-0.15, -0.1) is 0 Å². The first kappa shape index (κ1) is 26.0. The Morgan fingerprint density at radius 1 is 1.00 bits per heavy atom. The molecular formula is C30H29FN6O2. The van der Waals surface area contributed by atoms with Gasteiger partial charge in [0.05, 0.1) is 25.1 Å². The predicted octanol–water partition coefficient (Wildman–Crippen LogP) is 4.73. The van der Waals surface area contributed by atoms with Gasteiger partial charge in [0.2, 0.25) is 5.95 Å². The highest BCUT2D eigenvalue weighted by molar-refractivity contribution is 6.17. The highest BCUT2D eigenvalue weighted by atomic mass is 19.1. The quantitative estimate of drug-likeness (QED) is 0.274. The van der Waals surface area contributed by atoms with Crippen molar-refractivity contribution < 1.29 is 13.9 Å². The first-order valence-electron chi connectivity index (χ1n) is 12.8. The van der Waals surface area contributed by atoms with Crippen molar-refractivity contribution in [3.8, 4) is 17.0 Å². The van der Waals surface area contributed by atoms with Crippen LogP contribution in [0.1, 0.15) is 34.0 Å².